The van der Waals surface area contributed by atoms with Crippen LogP contribution in [0.15, 0.2) is 12.1 Å². The number of rotatable bonds is 5. The Hall–Kier alpha value is -1.57. The molecule has 0 spiro atoms. The molecule has 1 fully saturated rings. The van der Waals surface area contributed by atoms with Crippen molar-refractivity contribution in [2.24, 2.45) is 5.92 Å². The number of carbonyl (C=O) groups excluding carboxylic acids is 1. The molecule has 1 N–H and O–H groups in total. The van der Waals surface area contributed by atoms with Crippen LogP contribution in [0.2, 0.25) is 5.15 Å². The SMILES string of the molecule is O=C(NC1CCC(C(F)(F)F)CC1)c1ccc(OCCF)nc1Cl. The molecule has 9 heteroatoms. The first-order valence-corrected chi connectivity index (χ1v) is 7.92. The normalized spacial score (nSPS) is 21.4. The van der Waals surface area contributed by atoms with Gasteiger partial charge in [0, 0.05) is 12.1 Å². The second kappa shape index (κ2) is 8.00. The van der Waals surface area contributed by atoms with E-state index in [1.165, 1.54) is 12.1 Å². The maximum absolute atomic E-state index is 12.6. The summed E-state index contributed by atoms with van der Waals surface area (Å²) in [6.45, 7) is -0.848. The van der Waals surface area contributed by atoms with Crippen LogP contribution >= 0.6 is 11.6 Å². The Morgan fingerprint density at radius 1 is 1.29 bits per heavy atom. The van der Waals surface area contributed by atoms with Crippen LogP contribution in [0.5, 0.6) is 5.88 Å². The smallest absolute Gasteiger partial charge is 0.391 e. The molecule has 0 atom stereocenters. The maximum atomic E-state index is 12.6. The summed E-state index contributed by atoms with van der Waals surface area (Å²) in [5.41, 5.74) is 0.0993. The van der Waals surface area contributed by atoms with Gasteiger partial charge in [0.05, 0.1) is 11.5 Å². The second-order valence-electron chi connectivity index (χ2n) is 5.59. The van der Waals surface area contributed by atoms with Gasteiger partial charge in [-0.2, -0.15) is 13.2 Å². The Kier molecular flexibility index (Phi) is 6.26. The molecule has 134 valence electrons. The average Bonchev–Trinajstić information content (AvgIpc) is 2.52. The van der Waals surface area contributed by atoms with Crippen LogP contribution < -0.4 is 10.1 Å². The van der Waals surface area contributed by atoms with Crippen molar-refractivity contribution < 1.29 is 27.1 Å². The zero-order valence-corrected chi connectivity index (χ0v) is 13.5. The highest BCUT2D eigenvalue weighted by molar-refractivity contribution is 6.32. The molecule has 1 aliphatic carbocycles. The van der Waals surface area contributed by atoms with Gasteiger partial charge in [0.25, 0.3) is 5.91 Å². The highest BCUT2D eigenvalue weighted by atomic mass is 35.5. The van der Waals surface area contributed by atoms with Crippen LogP contribution in [0.1, 0.15) is 36.0 Å². The van der Waals surface area contributed by atoms with E-state index in [0.29, 0.717) is 0 Å². The average molecular weight is 369 g/mol. The van der Waals surface area contributed by atoms with Crippen molar-refractivity contribution in [3.05, 3.63) is 22.8 Å². The van der Waals surface area contributed by atoms with E-state index in [2.05, 4.69) is 10.3 Å². The summed E-state index contributed by atoms with van der Waals surface area (Å²) in [5.74, 6) is -1.71. The van der Waals surface area contributed by atoms with Crippen LogP contribution in [0.25, 0.3) is 0 Å². The van der Waals surface area contributed by atoms with E-state index in [1.54, 1.807) is 0 Å². The third-order valence-corrected chi connectivity index (χ3v) is 4.21. The van der Waals surface area contributed by atoms with Gasteiger partial charge in [-0.25, -0.2) is 9.37 Å². The molecule has 0 radical (unpaired) electrons. The minimum Gasteiger partial charge on any atom is -0.475 e. The van der Waals surface area contributed by atoms with Crippen LogP contribution in [-0.2, 0) is 0 Å². The molecule has 1 aromatic heterocycles. The van der Waals surface area contributed by atoms with Crippen LogP contribution in [0.4, 0.5) is 17.6 Å². The molecule has 24 heavy (non-hydrogen) atoms. The number of amides is 1. The minimum atomic E-state index is -4.18. The molecule has 0 aromatic carbocycles. The van der Waals surface area contributed by atoms with Crippen LogP contribution in [0.3, 0.4) is 0 Å². The first-order valence-electron chi connectivity index (χ1n) is 7.54. The molecule has 0 unspecified atom stereocenters. The van der Waals surface area contributed by atoms with Crippen molar-refractivity contribution in [1.82, 2.24) is 10.3 Å². The molecule has 1 heterocycles. The van der Waals surface area contributed by atoms with E-state index < -0.39 is 24.7 Å². The molecule has 1 aromatic rings. The molecule has 1 saturated carbocycles. The largest absolute Gasteiger partial charge is 0.475 e. The van der Waals surface area contributed by atoms with E-state index in [1.807, 2.05) is 0 Å². The summed E-state index contributed by atoms with van der Waals surface area (Å²) in [4.78, 5) is 16.0. The Bertz CT molecular complexity index is 575. The van der Waals surface area contributed by atoms with Gasteiger partial charge in [-0.05, 0) is 31.7 Å². The molecular formula is C15H17ClF4N2O2. The van der Waals surface area contributed by atoms with Crippen molar-refractivity contribution in [2.75, 3.05) is 13.3 Å². The topological polar surface area (TPSA) is 51.2 Å². The molecule has 0 saturated heterocycles. The summed E-state index contributed by atoms with van der Waals surface area (Å²) in [7, 11) is 0. The van der Waals surface area contributed by atoms with Gasteiger partial charge in [0.2, 0.25) is 5.88 Å². The predicted molar refractivity (Wildman–Crippen MR) is 80.0 cm³/mol. The van der Waals surface area contributed by atoms with Crippen LogP contribution in [-0.4, -0.2) is 36.4 Å². The minimum absolute atomic E-state index is 0.00353. The number of alkyl halides is 4. The summed E-state index contributed by atoms with van der Waals surface area (Å²) >= 11 is 5.91. The van der Waals surface area contributed by atoms with Gasteiger partial charge in [0.15, 0.2) is 0 Å². The van der Waals surface area contributed by atoms with Crippen molar-refractivity contribution >= 4 is 17.5 Å². The van der Waals surface area contributed by atoms with Gasteiger partial charge in [-0.3, -0.25) is 4.79 Å². The number of aromatic nitrogens is 1. The zero-order chi connectivity index (χ0) is 17.7. The second-order valence-corrected chi connectivity index (χ2v) is 5.95. The van der Waals surface area contributed by atoms with Crippen molar-refractivity contribution in [1.29, 1.82) is 0 Å². The fourth-order valence-electron chi connectivity index (χ4n) is 2.64. The van der Waals surface area contributed by atoms with Gasteiger partial charge in [-0.15, -0.1) is 0 Å². The van der Waals surface area contributed by atoms with Gasteiger partial charge < -0.3 is 10.1 Å². The number of pyridine rings is 1. The molecule has 1 aliphatic rings. The van der Waals surface area contributed by atoms with E-state index in [9.17, 15) is 22.4 Å². The predicted octanol–water partition coefficient (Wildman–Crippen LogP) is 3.93. The van der Waals surface area contributed by atoms with E-state index in [4.69, 9.17) is 16.3 Å². The van der Waals surface area contributed by atoms with E-state index >= 15 is 0 Å². The molecule has 2 rings (SSSR count). The third-order valence-electron chi connectivity index (χ3n) is 3.92. The number of nitrogens with zero attached hydrogens (tertiary/aromatic N) is 1. The Balaban J connectivity index is 1.91. The first kappa shape index (κ1) is 18.8. The van der Waals surface area contributed by atoms with E-state index in [0.717, 1.165) is 0 Å². The lowest BCUT2D eigenvalue weighted by molar-refractivity contribution is -0.182. The summed E-state index contributed by atoms with van der Waals surface area (Å²) in [5, 5.41) is 2.58. The zero-order valence-electron chi connectivity index (χ0n) is 12.7. The van der Waals surface area contributed by atoms with Crippen LogP contribution in [0, 0.1) is 5.92 Å². The quantitative estimate of drug-likeness (QED) is 0.632. The van der Waals surface area contributed by atoms with Gasteiger partial charge >= 0.3 is 6.18 Å². The molecule has 1 amide bonds. The fraction of sp³-hybridized carbons (Fsp3) is 0.600. The standard InChI is InChI=1S/C15H17ClF4N2O2/c16-13-11(5-6-12(22-13)24-8-7-17)14(23)21-10-3-1-9(2-4-10)15(18,19)20/h5-6,9-10H,1-4,7-8H2,(H,21,23). The fourth-order valence-corrected chi connectivity index (χ4v) is 2.87. The van der Waals surface area contributed by atoms with Crippen molar-refractivity contribution in [3.63, 3.8) is 0 Å². The Morgan fingerprint density at radius 2 is 1.96 bits per heavy atom. The summed E-state index contributed by atoms with van der Waals surface area (Å²) < 4.78 is 54.9. The van der Waals surface area contributed by atoms with Gasteiger partial charge in [0.1, 0.15) is 18.4 Å². The lowest BCUT2D eigenvalue weighted by atomic mass is 9.85. The maximum Gasteiger partial charge on any atom is 0.391 e. The number of carbonyl (C=O) groups is 1. The van der Waals surface area contributed by atoms with E-state index in [-0.39, 0.29) is 54.9 Å². The number of nitrogens with one attached hydrogen (secondary N) is 1. The summed E-state index contributed by atoms with van der Waals surface area (Å²) in [6.07, 6.45) is -3.66. The van der Waals surface area contributed by atoms with Gasteiger partial charge in [-0.1, -0.05) is 11.6 Å². The lowest BCUT2D eigenvalue weighted by Gasteiger charge is -2.30. The molecular weight excluding hydrogens is 352 g/mol. The highest BCUT2D eigenvalue weighted by Gasteiger charge is 2.41. The number of halogens is 5. The molecule has 0 aliphatic heterocycles. The third kappa shape index (κ3) is 4.96. The van der Waals surface area contributed by atoms with Crippen molar-refractivity contribution in [2.45, 2.75) is 37.9 Å². The molecule has 4 nitrogen and oxygen atoms in total. The number of hydrogen-bond donors (Lipinski definition) is 1. The Labute approximate surface area is 141 Å². The highest BCUT2D eigenvalue weighted by Crippen LogP contribution is 2.37. The summed E-state index contributed by atoms with van der Waals surface area (Å²) in [6, 6.07) is 2.45. The Morgan fingerprint density at radius 3 is 2.50 bits per heavy atom. The number of hydrogen-bond acceptors (Lipinski definition) is 3. The molecule has 0 bridgehead atoms. The number of ether oxygens (including phenoxy) is 1. The lowest BCUT2D eigenvalue weighted by Crippen LogP contribution is -2.40. The monoisotopic (exact) mass is 368 g/mol. The van der Waals surface area contributed by atoms with Crippen molar-refractivity contribution in [3.8, 4) is 5.88 Å². The first-order chi connectivity index (χ1) is 11.3.